The second-order valence-corrected chi connectivity index (χ2v) is 7.21. The first-order valence-electron chi connectivity index (χ1n) is 7.83. The summed E-state index contributed by atoms with van der Waals surface area (Å²) in [5, 5.41) is 12.8. The first-order chi connectivity index (χ1) is 10.1. The minimum absolute atomic E-state index is 0.0377. The zero-order valence-electron chi connectivity index (χ0n) is 12.1. The number of aryl methyl sites for hydroxylation is 1. The van der Waals surface area contributed by atoms with Crippen LogP contribution in [0.2, 0.25) is 0 Å². The van der Waals surface area contributed by atoms with Crippen molar-refractivity contribution in [2.45, 2.75) is 57.8 Å². The molecule has 0 saturated heterocycles. The van der Waals surface area contributed by atoms with Crippen LogP contribution in [-0.2, 0) is 17.6 Å². The molecule has 0 aliphatic heterocycles. The van der Waals surface area contributed by atoms with E-state index in [1.54, 1.807) is 0 Å². The summed E-state index contributed by atoms with van der Waals surface area (Å²) in [6, 6.07) is 0. The fourth-order valence-corrected chi connectivity index (χ4v) is 4.84. The van der Waals surface area contributed by atoms with Gasteiger partial charge in [-0.15, -0.1) is 11.3 Å². The van der Waals surface area contributed by atoms with Gasteiger partial charge in [-0.1, -0.05) is 25.7 Å². The lowest BCUT2D eigenvalue weighted by molar-refractivity contribution is -0.116. The molecular weight excluding hydrogens is 286 g/mol. The molecule has 4 nitrogen and oxygen atoms in total. The average molecular weight is 307 g/mol. The van der Waals surface area contributed by atoms with Gasteiger partial charge >= 0.3 is 5.97 Å². The minimum atomic E-state index is -0.916. The van der Waals surface area contributed by atoms with Crippen LogP contribution < -0.4 is 5.32 Å². The van der Waals surface area contributed by atoms with E-state index in [2.05, 4.69) is 5.32 Å². The first kappa shape index (κ1) is 14.6. The monoisotopic (exact) mass is 307 g/mol. The van der Waals surface area contributed by atoms with Gasteiger partial charge in [-0.2, -0.15) is 0 Å². The molecule has 21 heavy (non-hydrogen) atoms. The Morgan fingerprint density at radius 2 is 1.95 bits per heavy atom. The third-order valence-electron chi connectivity index (χ3n) is 4.64. The number of hydrogen-bond donors (Lipinski definition) is 2. The van der Waals surface area contributed by atoms with E-state index < -0.39 is 5.97 Å². The molecule has 1 aromatic heterocycles. The zero-order valence-corrected chi connectivity index (χ0v) is 12.9. The number of thiophene rings is 1. The van der Waals surface area contributed by atoms with Crippen molar-refractivity contribution >= 4 is 28.2 Å². The van der Waals surface area contributed by atoms with Crippen LogP contribution in [0, 0.1) is 5.92 Å². The Kier molecular flexibility index (Phi) is 4.29. The van der Waals surface area contributed by atoms with Crippen molar-refractivity contribution in [1.29, 1.82) is 0 Å². The standard InChI is InChI=1S/C16H21NO3S/c18-13(9-8-10-4-1-2-5-10)17-15-14(16(19)20)11-6-3-7-12(11)21-15/h10H,1-9H2,(H,17,18)(H,19,20). The van der Waals surface area contributed by atoms with Crippen LogP contribution in [0.25, 0.3) is 0 Å². The van der Waals surface area contributed by atoms with Gasteiger partial charge in [0.25, 0.3) is 0 Å². The maximum atomic E-state index is 12.1. The SMILES string of the molecule is O=C(CCC1CCCC1)Nc1sc2c(c1C(=O)O)CCC2. The summed E-state index contributed by atoms with van der Waals surface area (Å²) in [5.41, 5.74) is 1.28. The summed E-state index contributed by atoms with van der Waals surface area (Å²) in [6.45, 7) is 0. The highest BCUT2D eigenvalue weighted by Crippen LogP contribution is 2.39. The van der Waals surface area contributed by atoms with E-state index in [-0.39, 0.29) is 5.91 Å². The number of carbonyl (C=O) groups is 2. The lowest BCUT2D eigenvalue weighted by Gasteiger charge is -2.09. The van der Waals surface area contributed by atoms with Gasteiger partial charge in [-0.3, -0.25) is 4.79 Å². The topological polar surface area (TPSA) is 66.4 Å². The van der Waals surface area contributed by atoms with Gasteiger partial charge in [0.15, 0.2) is 0 Å². The molecule has 1 amide bonds. The highest BCUT2D eigenvalue weighted by Gasteiger charge is 2.27. The highest BCUT2D eigenvalue weighted by molar-refractivity contribution is 7.17. The molecule has 0 atom stereocenters. The number of carboxylic acids is 1. The van der Waals surface area contributed by atoms with Crippen LogP contribution in [0.5, 0.6) is 0 Å². The van der Waals surface area contributed by atoms with Gasteiger partial charge < -0.3 is 10.4 Å². The van der Waals surface area contributed by atoms with E-state index in [1.807, 2.05) is 0 Å². The van der Waals surface area contributed by atoms with E-state index in [9.17, 15) is 14.7 Å². The predicted octanol–water partition coefficient (Wildman–Crippen LogP) is 3.84. The van der Waals surface area contributed by atoms with Gasteiger partial charge in [0, 0.05) is 11.3 Å². The molecule has 0 unspecified atom stereocenters. The van der Waals surface area contributed by atoms with Crippen LogP contribution in [0.1, 0.15) is 65.7 Å². The molecule has 0 aromatic carbocycles. The Morgan fingerprint density at radius 1 is 1.19 bits per heavy atom. The summed E-state index contributed by atoms with van der Waals surface area (Å²) in [4.78, 5) is 24.7. The van der Waals surface area contributed by atoms with Gasteiger partial charge in [-0.05, 0) is 37.2 Å². The number of anilines is 1. The predicted molar refractivity (Wildman–Crippen MR) is 83.1 cm³/mol. The summed E-state index contributed by atoms with van der Waals surface area (Å²) in [6.07, 6.45) is 9.27. The summed E-state index contributed by atoms with van der Waals surface area (Å²) >= 11 is 1.45. The fraction of sp³-hybridized carbons (Fsp3) is 0.625. The Labute approximate surface area is 128 Å². The van der Waals surface area contributed by atoms with Crippen molar-refractivity contribution in [3.63, 3.8) is 0 Å². The second-order valence-electron chi connectivity index (χ2n) is 6.10. The Balaban J connectivity index is 1.64. The molecule has 0 radical (unpaired) electrons. The number of carbonyl (C=O) groups excluding carboxylic acids is 1. The van der Waals surface area contributed by atoms with Crippen LogP contribution in [-0.4, -0.2) is 17.0 Å². The Hall–Kier alpha value is -1.36. The number of carboxylic acid groups (broad SMARTS) is 1. The molecule has 2 N–H and O–H groups in total. The summed E-state index contributed by atoms with van der Waals surface area (Å²) < 4.78 is 0. The molecule has 3 rings (SSSR count). The summed E-state index contributed by atoms with van der Waals surface area (Å²) in [5.74, 6) is -0.271. The molecule has 5 heteroatoms. The molecule has 0 spiro atoms. The molecule has 2 aliphatic rings. The normalized spacial score (nSPS) is 17.9. The van der Waals surface area contributed by atoms with E-state index in [0.717, 1.165) is 36.1 Å². The van der Waals surface area contributed by atoms with Gasteiger partial charge in [-0.25, -0.2) is 4.79 Å². The quantitative estimate of drug-likeness (QED) is 0.868. The maximum Gasteiger partial charge on any atom is 0.339 e. The van der Waals surface area contributed by atoms with Crippen LogP contribution in [0.3, 0.4) is 0 Å². The van der Waals surface area contributed by atoms with Gasteiger partial charge in [0.1, 0.15) is 5.00 Å². The molecule has 1 heterocycles. The van der Waals surface area contributed by atoms with Crippen LogP contribution in [0.4, 0.5) is 5.00 Å². The Bertz CT molecular complexity index is 558. The molecular formula is C16H21NO3S. The second kappa shape index (κ2) is 6.18. The fourth-order valence-electron chi connectivity index (χ4n) is 3.54. The molecule has 1 aromatic rings. The third kappa shape index (κ3) is 3.12. The largest absolute Gasteiger partial charge is 0.478 e. The van der Waals surface area contributed by atoms with E-state index >= 15 is 0 Å². The summed E-state index contributed by atoms with van der Waals surface area (Å²) in [7, 11) is 0. The van der Waals surface area contributed by atoms with E-state index in [1.165, 1.54) is 37.0 Å². The molecule has 0 bridgehead atoms. The molecule has 2 aliphatic carbocycles. The van der Waals surface area contributed by atoms with Crippen molar-refractivity contribution in [3.8, 4) is 0 Å². The molecule has 1 saturated carbocycles. The number of rotatable bonds is 5. The minimum Gasteiger partial charge on any atom is -0.478 e. The van der Waals surface area contributed by atoms with Crippen molar-refractivity contribution in [2.24, 2.45) is 5.92 Å². The smallest absolute Gasteiger partial charge is 0.339 e. The molecule has 114 valence electrons. The van der Waals surface area contributed by atoms with E-state index in [0.29, 0.717) is 22.9 Å². The number of hydrogen-bond acceptors (Lipinski definition) is 3. The van der Waals surface area contributed by atoms with Crippen LogP contribution >= 0.6 is 11.3 Å². The maximum absolute atomic E-state index is 12.1. The number of nitrogens with one attached hydrogen (secondary N) is 1. The number of aromatic carboxylic acids is 1. The Morgan fingerprint density at radius 3 is 2.67 bits per heavy atom. The lowest BCUT2D eigenvalue weighted by Crippen LogP contribution is -2.14. The van der Waals surface area contributed by atoms with Crippen molar-refractivity contribution in [2.75, 3.05) is 5.32 Å². The first-order valence-corrected chi connectivity index (χ1v) is 8.64. The van der Waals surface area contributed by atoms with Crippen molar-refractivity contribution < 1.29 is 14.7 Å². The average Bonchev–Trinajstić information content (AvgIpc) is 3.11. The van der Waals surface area contributed by atoms with Crippen LogP contribution in [0.15, 0.2) is 0 Å². The lowest BCUT2D eigenvalue weighted by atomic mass is 10.0. The third-order valence-corrected chi connectivity index (χ3v) is 5.85. The van der Waals surface area contributed by atoms with E-state index in [4.69, 9.17) is 0 Å². The van der Waals surface area contributed by atoms with Gasteiger partial charge in [0.05, 0.1) is 5.56 Å². The number of amides is 1. The van der Waals surface area contributed by atoms with Crippen molar-refractivity contribution in [1.82, 2.24) is 0 Å². The molecule has 1 fully saturated rings. The van der Waals surface area contributed by atoms with Crippen molar-refractivity contribution in [3.05, 3.63) is 16.0 Å². The zero-order chi connectivity index (χ0) is 14.8. The number of fused-ring (bicyclic) bond motifs is 1. The highest BCUT2D eigenvalue weighted by atomic mass is 32.1. The van der Waals surface area contributed by atoms with Gasteiger partial charge in [0.2, 0.25) is 5.91 Å².